The van der Waals surface area contributed by atoms with Crippen LogP contribution in [0.4, 0.5) is 0 Å². The molecule has 2 aliphatic heterocycles. The maximum Gasteiger partial charge on any atom is 0.220 e. The number of carbonyl (C=O) groups is 1. The monoisotopic (exact) mass is 300 g/mol. The molecule has 0 aromatic heterocycles. The first-order chi connectivity index (χ1) is 10.2. The number of hydrogen-bond acceptors (Lipinski definition) is 5. The number of aliphatic hydroxyl groups excluding tert-OH is 1. The van der Waals surface area contributed by atoms with Crippen molar-refractivity contribution in [2.45, 2.75) is 50.9 Å². The van der Waals surface area contributed by atoms with Gasteiger partial charge in [-0.3, -0.25) is 9.69 Å². The van der Waals surface area contributed by atoms with Gasteiger partial charge in [0.1, 0.15) is 6.10 Å². The molecular weight excluding hydrogens is 272 g/mol. The minimum Gasteiger partial charge on any atom is -0.388 e. The zero-order valence-corrected chi connectivity index (χ0v) is 12.9. The van der Waals surface area contributed by atoms with Crippen molar-refractivity contribution in [2.75, 3.05) is 39.5 Å². The van der Waals surface area contributed by atoms with Gasteiger partial charge in [0.05, 0.1) is 32.0 Å². The number of amides is 1. The van der Waals surface area contributed by atoms with E-state index in [1.165, 1.54) is 0 Å². The fraction of sp³-hybridized carbons (Fsp3) is 0.933. The summed E-state index contributed by atoms with van der Waals surface area (Å²) < 4.78 is 11.0. The van der Waals surface area contributed by atoms with E-state index in [9.17, 15) is 9.90 Å². The van der Waals surface area contributed by atoms with Gasteiger partial charge in [0, 0.05) is 26.1 Å². The van der Waals surface area contributed by atoms with Crippen LogP contribution >= 0.6 is 0 Å². The maximum absolute atomic E-state index is 11.8. The first-order valence-electron chi connectivity index (χ1n) is 8.10. The summed E-state index contributed by atoms with van der Waals surface area (Å²) in [6.07, 6.45) is 2.77. The quantitative estimate of drug-likeness (QED) is 0.655. The Hall–Kier alpha value is -0.690. The highest BCUT2D eigenvalue weighted by molar-refractivity contribution is 5.76. The molecule has 1 amide bonds. The van der Waals surface area contributed by atoms with Gasteiger partial charge in [0.2, 0.25) is 5.91 Å². The zero-order chi connectivity index (χ0) is 15.1. The zero-order valence-electron chi connectivity index (χ0n) is 12.9. The molecule has 2 aliphatic rings. The Morgan fingerprint density at radius 1 is 1.33 bits per heavy atom. The van der Waals surface area contributed by atoms with E-state index in [2.05, 4.69) is 17.1 Å². The van der Waals surface area contributed by atoms with E-state index in [1.54, 1.807) is 0 Å². The Labute approximate surface area is 126 Å². The van der Waals surface area contributed by atoms with Crippen molar-refractivity contribution in [3.8, 4) is 0 Å². The summed E-state index contributed by atoms with van der Waals surface area (Å²) in [4.78, 5) is 14.1. The molecule has 0 unspecified atom stereocenters. The van der Waals surface area contributed by atoms with Crippen molar-refractivity contribution in [1.82, 2.24) is 10.2 Å². The third kappa shape index (κ3) is 5.21. The highest BCUT2D eigenvalue weighted by Crippen LogP contribution is 2.16. The van der Waals surface area contributed by atoms with E-state index in [-0.39, 0.29) is 18.1 Å². The van der Waals surface area contributed by atoms with Crippen molar-refractivity contribution < 1.29 is 19.4 Å². The average Bonchev–Trinajstić information content (AvgIpc) is 2.82. The third-order valence-corrected chi connectivity index (χ3v) is 4.18. The second kappa shape index (κ2) is 8.68. The summed E-state index contributed by atoms with van der Waals surface area (Å²) in [6.45, 7) is 6.44. The lowest BCUT2D eigenvalue weighted by atomic mass is 10.1. The van der Waals surface area contributed by atoms with Crippen molar-refractivity contribution >= 4 is 5.91 Å². The molecule has 0 radical (unpaired) electrons. The van der Waals surface area contributed by atoms with E-state index in [0.717, 1.165) is 45.6 Å². The Bertz CT molecular complexity index is 321. The van der Waals surface area contributed by atoms with Crippen LogP contribution in [0.3, 0.4) is 0 Å². The van der Waals surface area contributed by atoms with Gasteiger partial charge in [-0.1, -0.05) is 19.8 Å². The minimum atomic E-state index is -0.622. The normalized spacial score (nSPS) is 30.5. The molecular formula is C15H28N2O4. The number of ether oxygens (including phenoxy) is 2. The van der Waals surface area contributed by atoms with Gasteiger partial charge in [-0.25, -0.2) is 0 Å². The molecule has 122 valence electrons. The smallest absolute Gasteiger partial charge is 0.220 e. The second-order valence-electron chi connectivity index (χ2n) is 5.91. The number of aliphatic hydroxyl groups is 1. The van der Waals surface area contributed by atoms with E-state index in [0.29, 0.717) is 19.6 Å². The number of hydrogen-bond donors (Lipinski definition) is 2. The second-order valence-corrected chi connectivity index (χ2v) is 5.91. The average molecular weight is 300 g/mol. The molecule has 0 aromatic carbocycles. The van der Waals surface area contributed by atoms with E-state index < -0.39 is 6.10 Å². The van der Waals surface area contributed by atoms with Crippen LogP contribution in [0.1, 0.15) is 32.6 Å². The molecule has 0 spiro atoms. The first-order valence-corrected chi connectivity index (χ1v) is 8.10. The summed E-state index contributed by atoms with van der Waals surface area (Å²) in [5.41, 5.74) is 0. The number of carbonyl (C=O) groups excluding carboxylic acids is 1. The topological polar surface area (TPSA) is 71.0 Å². The molecule has 6 nitrogen and oxygen atoms in total. The van der Waals surface area contributed by atoms with Gasteiger partial charge < -0.3 is 19.9 Å². The van der Waals surface area contributed by atoms with Crippen LogP contribution in [0, 0.1) is 0 Å². The lowest BCUT2D eigenvalue weighted by molar-refractivity contribution is -0.122. The summed E-state index contributed by atoms with van der Waals surface area (Å²) in [5.74, 6) is 0.0168. The van der Waals surface area contributed by atoms with E-state index in [1.807, 2.05) is 0 Å². The molecule has 0 aromatic rings. The molecule has 2 rings (SSSR count). The first kappa shape index (κ1) is 16.7. The molecule has 2 saturated heterocycles. The van der Waals surface area contributed by atoms with Crippen LogP contribution in [0.5, 0.6) is 0 Å². The number of rotatable bonds is 7. The van der Waals surface area contributed by atoms with Crippen molar-refractivity contribution in [3.63, 3.8) is 0 Å². The van der Waals surface area contributed by atoms with Crippen molar-refractivity contribution in [1.29, 1.82) is 0 Å². The molecule has 6 heteroatoms. The molecule has 21 heavy (non-hydrogen) atoms. The van der Waals surface area contributed by atoms with Crippen LogP contribution in [0.15, 0.2) is 0 Å². The van der Waals surface area contributed by atoms with Crippen LogP contribution in [0.25, 0.3) is 0 Å². The van der Waals surface area contributed by atoms with Crippen molar-refractivity contribution in [2.24, 2.45) is 0 Å². The number of nitrogens with one attached hydrogen (secondary N) is 1. The lowest BCUT2D eigenvalue weighted by Crippen LogP contribution is -2.48. The third-order valence-electron chi connectivity index (χ3n) is 4.18. The molecule has 2 fully saturated rings. The molecule has 2 N–H and O–H groups in total. The summed E-state index contributed by atoms with van der Waals surface area (Å²) in [7, 11) is 0. The van der Waals surface area contributed by atoms with Gasteiger partial charge in [-0.05, 0) is 6.42 Å². The Balaban J connectivity index is 1.70. The van der Waals surface area contributed by atoms with E-state index in [4.69, 9.17) is 9.47 Å². The van der Waals surface area contributed by atoms with Gasteiger partial charge in [-0.2, -0.15) is 0 Å². The fourth-order valence-electron chi connectivity index (χ4n) is 2.82. The van der Waals surface area contributed by atoms with Gasteiger partial charge in [0.25, 0.3) is 0 Å². The van der Waals surface area contributed by atoms with E-state index >= 15 is 0 Å². The summed E-state index contributed by atoms with van der Waals surface area (Å²) >= 11 is 0. The number of unbranched alkanes of at least 4 members (excludes halogenated alkanes) is 2. The highest BCUT2D eigenvalue weighted by Gasteiger charge is 2.37. The Morgan fingerprint density at radius 3 is 2.81 bits per heavy atom. The van der Waals surface area contributed by atoms with Crippen LogP contribution < -0.4 is 5.32 Å². The number of nitrogens with zero attached hydrogens (tertiary/aromatic N) is 1. The van der Waals surface area contributed by atoms with Crippen LogP contribution in [-0.4, -0.2) is 73.6 Å². The Kier molecular flexibility index (Phi) is 6.89. The number of morpholine rings is 1. The highest BCUT2D eigenvalue weighted by atomic mass is 16.5. The minimum absolute atomic E-state index is 0.0168. The van der Waals surface area contributed by atoms with Gasteiger partial charge >= 0.3 is 0 Å². The SMILES string of the molecule is CCCCCC(=O)N[C@H]1CO[C@@H](CN2CCOCC2)[C@@H]1O. The predicted molar refractivity (Wildman–Crippen MR) is 79.1 cm³/mol. The summed E-state index contributed by atoms with van der Waals surface area (Å²) in [5, 5.41) is 13.2. The van der Waals surface area contributed by atoms with Gasteiger partial charge in [0.15, 0.2) is 0 Å². The predicted octanol–water partition coefficient (Wildman–Crippen LogP) is 0.143. The van der Waals surface area contributed by atoms with Crippen molar-refractivity contribution in [3.05, 3.63) is 0 Å². The lowest BCUT2D eigenvalue weighted by Gasteiger charge is -2.29. The van der Waals surface area contributed by atoms with Crippen LogP contribution in [-0.2, 0) is 14.3 Å². The largest absolute Gasteiger partial charge is 0.388 e. The molecule has 0 bridgehead atoms. The fourth-order valence-corrected chi connectivity index (χ4v) is 2.82. The standard InChI is InChI=1S/C15H28N2O4/c1-2-3-4-5-14(18)16-12-11-21-13(15(12)19)10-17-6-8-20-9-7-17/h12-13,15,19H,2-11H2,1H3,(H,16,18)/t12-,13-,15+/m0/s1. The maximum atomic E-state index is 11.8. The summed E-state index contributed by atoms with van der Waals surface area (Å²) in [6, 6.07) is -0.273. The molecule has 0 saturated carbocycles. The van der Waals surface area contributed by atoms with Gasteiger partial charge in [-0.15, -0.1) is 0 Å². The van der Waals surface area contributed by atoms with Crippen LogP contribution in [0.2, 0.25) is 0 Å². The molecule has 0 aliphatic carbocycles. The molecule has 3 atom stereocenters. The molecule has 2 heterocycles. The Morgan fingerprint density at radius 2 is 2.10 bits per heavy atom.